The summed E-state index contributed by atoms with van der Waals surface area (Å²) in [5, 5.41) is 9.20. The molecular weight excluding hydrogens is 250 g/mol. The zero-order valence-electron chi connectivity index (χ0n) is 12.1. The molecule has 0 atom stereocenters. The highest BCUT2D eigenvalue weighted by Crippen LogP contribution is 2.60. The van der Waals surface area contributed by atoms with Gasteiger partial charge in [0.1, 0.15) is 0 Å². The third kappa shape index (κ3) is 1.82. The van der Waals surface area contributed by atoms with Gasteiger partial charge in [-0.05, 0) is 74.7 Å². The number of carboxylic acids is 1. The number of aromatic nitrogens is 1. The van der Waals surface area contributed by atoms with Crippen LogP contribution in [-0.2, 0) is 6.54 Å². The van der Waals surface area contributed by atoms with Crippen LogP contribution in [-0.4, -0.2) is 15.6 Å². The van der Waals surface area contributed by atoms with E-state index in [1.165, 1.54) is 38.5 Å². The fourth-order valence-electron chi connectivity index (χ4n) is 5.79. The van der Waals surface area contributed by atoms with Crippen LogP contribution in [0.25, 0.3) is 0 Å². The van der Waals surface area contributed by atoms with E-state index in [2.05, 4.69) is 4.57 Å². The number of rotatable bonds is 3. The van der Waals surface area contributed by atoms with Crippen LogP contribution < -0.4 is 0 Å². The van der Waals surface area contributed by atoms with Gasteiger partial charge in [0.15, 0.2) is 0 Å². The number of aromatic carboxylic acids is 1. The summed E-state index contributed by atoms with van der Waals surface area (Å²) in [5.41, 5.74) is 1.86. The van der Waals surface area contributed by atoms with Crippen molar-refractivity contribution >= 4 is 5.97 Å². The summed E-state index contributed by atoms with van der Waals surface area (Å²) < 4.78 is 2.20. The van der Waals surface area contributed by atoms with Gasteiger partial charge in [-0.15, -0.1) is 0 Å². The Labute approximate surface area is 120 Å². The molecule has 4 saturated carbocycles. The van der Waals surface area contributed by atoms with E-state index in [1.807, 2.05) is 13.1 Å². The number of hydrogen-bond donors (Lipinski definition) is 1. The molecule has 0 radical (unpaired) electrons. The third-order valence-corrected chi connectivity index (χ3v) is 6.14. The molecule has 0 saturated heterocycles. The summed E-state index contributed by atoms with van der Waals surface area (Å²) in [5.74, 6) is 2.06. The molecule has 3 heteroatoms. The second-order valence-corrected chi connectivity index (χ2v) is 7.67. The molecule has 108 valence electrons. The first-order valence-corrected chi connectivity index (χ1v) is 7.94. The SMILES string of the molecule is Cc1c(C(=O)O)ccn1CC12CC3CC(CC(C3)C1)C2. The highest BCUT2D eigenvalue weighted by atomic mass is 16.4. The molecule has 1 heterocycles. The lowest BCUT2D eigenvalue weighted by atomic mass is 9.49. The summed E-state index contributed by atoms with van der Waals surface area (Å²) in [6.07, 6.45) is 10.5. The summed E-state index contributed by atoms with van der Waals surface area (Å²) in [6, 6.07) is 1.76. The van der Waals surface area contributed by atoms with E-state index < -0.39 is 5.97 Å². The van der Waals surface area contributed by atoms with Crippen LogP contribution in [0.4, 0.5) is 0 Å². The minimum Gasteiger partial charge on any atom is -0.478 e. The highest BCUT2D eigenvalue weighted by molar-refractivity contribution is 5.88. The Morgan fingerprint density at radius 1 is 1.25 bits per heavy atom. The van der Waals surface area contributed by atoms with Crippen molar-refractivity contribution in [1.29, 1.82) is 0 Å². The first kappa shape index (κ1) is 12.5. The van der Waals surface area contributed by atoms with Crippen molar-refractivity contribution in [2.75, 3.05) is 0 Å². The fraction of sp³-hybridized carbons (Fsp3) is 0.706. The van der Waals surface area contributed by atoms with Gasteiger partial charge in [0.05, 0.1) is 5.56 Å². The summed E-state index contributed by atoms with van der Waals surface area (Å²) >= 11 is 0. The van der Waals surface area contributed by atoms with Crippen molar-refractivity contribution in [2.24, 2.45) is 23.2 Å². The molecule has 0 spiro atoms. The van der Waals surface area contributed by atoms with Crippen LogP contribution in [0, 0.1) is 30.1 Å². The molecular formula is C17H23NO2. The maximum Gasteiger partial charge on any atom is 0.337 e. The molecule has 5 rings (SSSR count). The number of nitrogens with zero attached hydrogens (tertiary/aromatic N) is 1. The average Bonchev–Trinajstić information content (AvgIpc) is 2.68. The molecule has 0 aliphatic heterocycles. The zero-order valence-corrected chi connectivity index (χ0v) is 12.1. The topological polar surface area (TPSA) is 42.2 Å². The lowest BCUT2D eigenvalue weighted by Crippen LogP contribution is -2.47. The highest BCUT2D eigenvalue weighted by Gasteiger charge is 2.50. The van der Waals surface area contributed by atoms with E-state index in [0.717, 1.165) is 30.0 Å². The maximum absolute atomic E-state index is 11.2. The normalized spacial score (nSPS) is 38.4. The Kier molecular flexibility index (Phi) is 2.57. The van der Waals surface area contributed by atoms with Crippen LogP contribution in [0.5, 0.6) is 0 Å². The van der Waals surface area contributed by atoms with E-state index >= 15 is 0 Å². The van der Waals surface area contributed by atoms with Crippen LogP contribution in [0.15, 0.2) is 12.3 Å². The maximum atomic E-state index is 11.2. The van der Waals surface area contributed by atoms with E-state index in [1.54, 1.807) is 6.07 Å². The van der Waals surface area contributed by atoms with Gasteiger partial charge in [-0.2, -0.15) is 0 Å². The van der Waals surface area contributed by atoms with Crippen LogP contribution in [0.1, 0.15) is 54.6 Å². The van der Waals surface area contributed by atoms with E-state index in [4.69, 9.17) is 0 Å². The van der Waals surface area contributed by atoms with E-state index in [0.29, 0.717) is 11.0 Å². The van der Waals surface area contributed by atoms with Crippen molar-refractivity contribution in [2.45, 2.75) is 52.0 Å². The molecule has 0 amide bonds. The molecule has 0 aromatic carbocycles. The molecule has 1 aromatic rings. The lowest BCUT2D eigenvalue weighted by Gasteiger charge is -2.57. The van der Waals surface area contributed by atoms with E-state index in [9.17, 15) is 9.90 Å². The summed E-state index contributed by atoms with van der Waals surface area (Å²) in [7, 11) is 0. The summed E-state index contributed by atoms with van der Waals surface area (Å²) in [4.78, 5) is 11.2. The van der Waals surface area contributed by atoms with Crippen molar-refractivity contribution in [3.63, 3.8) is 0 Å². The Morgan fingerprint density at radius 3 is 2.25 bits per heavy atom. The molecule has 4 aliphatic carbocycles. The monoisotopic (exact) mass is 273 g/mol. The lowest BCUT2D eigenvalue weighted by molar-refractivity contribution is -0.0621. The molecule has 4 bridgehead atoms. The largest absolute Gasteiger partial charge is 0.478 e. The summed E-state index contributed by atoms with van der Waals surface area (Å²) in [6.45, 7) is 2.99. The van der Waals surface area contributed by atoms with Crippen LogP contribution >= 0.6 is 0 Å². The van der Waals surface area contributed by atoms with Gasteiger partial charge in [-0.1, -0.05) is 0 Å². The number of carboxylic acid groups (broad SMARTS) is 1. The first-order valence-electron chi connectivity index (χ1n) is 7.94. The zero-order chi connectivity index (χ0) is 13.9. The van der Waals surface area contributed by atoms with Gasteiger partial charge in [0.25, 0.3) is 0 Å². The minimum absolute atomic E-state index is 0.467. The average molecular weight is 273 g/mol. The second-order valence-electron chi connectivity index (χ2n) is 7.67. The van der Waals surface area contributed by atoms with Gasteiger partial charge in [-0.25, -0.2) is 4.79 Å². The predicted octanol–water partition coefficient (Wildman–Crippen LogP) is 3.71. The van der Waals surface area contributed by atoms with Crippen molar-refractivity contribution in [3.8, 4) is 0 Å². The van der Waals surface area contributed by atoms with Gasteiger partial charge in [-0.3, -0.25) is 0 Å². The van der Waals surface area contributed by atoms with Crippen LogP contribution in [0.3, 0.4) is 0 Å². The Hall–Kier alpha value is -1.25. The molecule has 4 fully saturated rings. The Balaban J connectivity index is 1.61. The standard InChI is InChI=1S/C17H23NO2/c1-11-15(16(19)20)2-3-18(11)10-17-7-12-4-13(8-17)6-14(5-12)9-17/h2-3,12-14H,4-10H2,1H3,(H,19,20). The number of hydrogen-bond acceptors (Lipinski definition) is 1. The molecule has 3 nitrogen and oxygen atoms in total. The van der Waals surface area contributed by atoms with Crippen molar-refractivity contribution < 1.29 is 9.90 Å². The van der Waals surface area contributed by atoms with Gasteiger partial charge in [0.2, 0.25) is 0 Å². The fourth-order valence-corrected chi connectivity index (χ4v) is 5.79. The van der Waals surface area contributed by atoms with E-state index in [-0.39, 0.29) is 0 Å². The first-order chi connectivity index (χ1) is 9.55. The van der Waals surface area contributed by atoms with Crippen molar-refractivity contribution in [1.82, 2.24) is 4.57 Å². The third-order valence-electron chi connectivity index (χ3n) is 6.14. The minimum atomic E-state index is -0.799. The smallest absolute Gasteiger partial charge is 0.337 e. The molecule has 20 heavy (non-hydrogen) atoms. The van der Waals surface area contributed by atoms with Gasteiger partial charge in [0, 0.05) is 18.4 Å². The quantitative estimate of drug-likeness (QED) is 0.912. The molecule has 4 aliphatic rings. The molecule has 0 unspecified atom stereocenters. The van der Waals surface area contributed by atoms with Gasteiger partial charge >= 0.3 is 5.97 Å². The predicted molar refractivity (Wildman–Crippen MR) is 76.7 cm³/mol. The molecule has 1 aromatic heterocycles. The van der Waals surface area contributed by atoms with Gasteiger partial charge < -0.3 is 9.67 Å². The Bertz CT molecular complexity index is 522. The number of carbonyl (C=O) groups is 1. The second kappa shape index (κ2) is 4.12. The van der Waals surface area contributed by atoms with Crippen LogP contribution in [0.2, 0.25) is 0 Å². The molecule has 1 N–H and O–H groups in total. The van der Waals surface area contributed by atoms with Crippen molar-refractivity contribution in [3.05, 3.63) is 23.5 Å². The Morgan fingerprint density at radius 2 is 1.80 bits per heavy atom.